The maximum Gasteiger partial charge on any atom is 0.262 e. The highest BCUT2D eigenvalue weighted by atomic mass is 16.3. The van der Waals surface area contributed by atoms with Crippen LogP contribution >= 0.6 is 0 Å². The number of hydrogen-bond acceptors (Lipinski definition) is 5. The lowest BCUT2D eigenvalue weighted by atomic mass is 10.1. The molecule has 2 heterocycles. The minimum absolute atomic E-state index is 0.289. The number of nitrogens with two attached hydrogens (primary N) is 1. The van der Waals surface area contributed by atoms with E-state index in [4.69, 9.17) is 10.2 Å². The van der Waals surface area contributed by atoms with Crippen molar-refractivity contribution in [2.24, 2.45) is 10.8 Å². The number of rotatable bonds is 2. The molecule has 1 aliphatic rings. The molecule has 3 N–H and O–H groups in total. The van der Waals surface area contributed by atoms with Crippen molar-refractivity contribution in [2.45, 2.75) is 19.4 Å². The van der Waals surface area contributed by atoms with E-state index in [1.165, 1.54) is 0 Å². The van der Waals surface area contributed by atoms with Gasteiger partial charge in [0.1, 0.15) is 12.3 Å². The molecule has 1 unspecified atom stereocenters. The standard InChI is InChI=1S/C8H10N4O2/c1-4-3-14-6(10-4)2-5-7(9)8(13)12-11-5/h3,7H,2,9H2,1H3,(H,12,13). The summed E-state index contributed by atoms with van der Waals surface area (Å²) in [4.78, 5) is 15.1. The molecule has 74 valence electrons. The maximum atomic E-state index is 11.0. The highest BCUT2D eigenvalue weighted by Gasteiger charge is 2.26. The van der Waals surface area contributed by atoms with E-state index in [2.05, 4.69) is 15.5 Å². The molecule has 6 heteroatoms. The lowest BCUT2D eigenvalue weighted by Gasteiger charge is -2.00. The Hall–Kier alpha value is -1.69. The fourth-order valence-corrected chi connectivity index (χ4v) is 1.21. The maximum absolute atomic E-state index is 11.0. The van der Waals surface area contributed by atoms with Crippen molar-refractivity contribution in [3.63, 3.8) is 0 Å². The first kappa shape index (κ1) is 8.89. The summed E-state index contributed by atoms with van der Waals surface area (Å²) >= 11 is 0. The molecule has 0 saturated heterocycles. The first-order chi connectivity index (χ1) is 6.66. The molecule has 6 nitrogen and oxygen atoms in total. The summed E-state index contributed by atoms with van der Waals surface area (Å²) in [6.45, 7) is 1.83. The lowest BCUT2D eigenvalue weighted by Crippen LogP contribution is -2.38. The molecular weight excluding hydrogens is 184 g/mol. The van der Waals surface area contributed by atoms with E-state index < -0.39 is 6.04 Å². The Balaban J connectivity index is 2.09. The molecule has 14 heavy (non-hydrogen) atoms. The van der Waals surface area contributed by atoms with Crippen LogP contribution in [0.4, 0.5) is 0 Å². The molecule has 1 aliphatic heterocycles. The Bertz CT molecular complexity index is 396. The van der Waals surface area contributed by atoms with Gasteiger partial charge in [0, 0.05) is 0 Å². The smallest absolute Gasteiger partial charge is 0.262 e. The topological polar surface area (TPSA) is 93.5 Å². The molecule has 2 rings (SSSR count). The molecule has 1 atom stereocenters. The highest BCUT2D eigenvalue weighted by molar-refractivity contribution is 6.11. The van der Waals surface area contributed by atoms with Gasteiger partial charge in [0.15, 0.2) is 5.89 Å². The van der Waals surface area contributed by atoms with E-state index in [9.17, 15) is 4.79 Å². The van der Waals surface area contributed by atoms with Gasteiger partial charge in [-0.05, 0) is 6.92 Å². The molecule has 0 saturated carbocycles. The second-order valence-corrected chi connectivity index (χ2v) is 3.12. The van der Waals surface area contributed by atoms with Gasteiger partial charge in [0.05, 0.1) is 17.8 Å². The largest absolute Gasteiger partial charge is 0.448 e. The third-order valence-electron chi connectivity index (χ3n) is 1.95. The van der Waals surface area contributed by atoms with Gasteiger partial charge in [0.2, 0.25) is 0 Å². The average Bonchev–Trinajstić information content (AvgIpc) is 2.67. The fraction of sp³-hybridized carbons (Fsp3) is 0.375. The molecule has 1 aromatic rings. The van der Waals surface area contributed by atoms with Gasteiger partial charge in [-0.1, -0.05) is 0 Å². The molecule has 0 aromatic carbocycles. The van der Waals surface area contributed by atoms with Crippen molar-refractivity contribution in [3.8, 4) is 0 Å². The van der Waals surface area contributed by atoms with Crippen molar-refractivity contribution >= 4 is 11.6 Å². The summed E-state index contributed by atoms with van der Waals surface area (Å²) in [5, 5.41) is 3.79. The predicted octanol–water partition coefficient (Wildman–Crippen LogP) is -0.661. The van der Waals surface area contributed by atoms with Gasteiger partial charge >= 0.3 is 0 Å². The molecule has 0 spiro atoms. The van der Waals surface area contributed by atoms with E-state index in [0.717, 1.165) is 5.69 Å². The van der Waals surface area contributed by atoms with Crippen LogP contribution in [-0.4, -0.2) is 22.6 Å². The van der Waals surface area contributed by atoms with E-state index in [1.807, 2.05) is 6.92 Å². The molecule has 0 bridgehead atoms. The second kappa shape index (κ2) is 3.22. The zero-order chi connectivity index (χ0) is 10.1. The molecule has 0 aliphatic carbocycles. The van der Waals surface area contributed by atoms with Gasteiger partial charge < -0.3 is 10.2 Å². The van der Waals surface area contributed by atoms with Gasteiger partial charge in [-0.25, -0.2) is 10.4 Å². The number of hydrazone groups is 1. The van der Waals surface area contributed by atoms with Gasteiger partial charge in [-0.3, -0.25) is 4.79 Å². The molecule has 1 amide bonds. The predicted molar refractivity (Wildman–Crippen MR) is 48.5 cm³/mol. The van der Waals surface area contributed by atoms with Crippen molar-refractivity contribution in [2.75, 3.05) is 0 Å². The minimum atomic E-state index is -0.679. The second-order valence-electron chi connectivity index (χ2n) is 3.12. The number of amides is 1. The number of nitrogens with zero attached hydrogens (tertiary/aromatic N) is 2. The number of carbonyl (C=O) groups excluding carboxylic acids is 1. The van der Waals surface area contributed by atoms with E-state index in [1.54, 1.807) is 6.26 Å². The summed E-state index contributed by atoms with van der Waals surface area (Å²) < 4.78 is 5.12. The zero-order valence-electron chi connectivity index (χ0n) is 7.65. The summed E-state index contributed by atoms with van der Waals surface area (Å²) in [6, 6.07) is -0.679. The quantitative estimate of drug-likeness (QED) is 0.653. The Morgan fingerprint density at radius 1 is 1.71 bits per heavy atom. The van der Waals surface area contributed by atoms with Gasteiger partial charge in [-0.2, -0.15) is 5.10 Å². The van der Waals surface area contributed by atoms with Crippen LogP contribution in [0.25, 0.3) is 0 Å². The number of carbonyl (C=O) groups is 1. The number of hydrogen-bond donors (Lipinski definition) is 2. The Morgan fingerprint density at radius 2 is 2.50 bits per heavy atom. The Kier molecular flexibility index (Phi) is 2.05. The third kappa shape index (κ3) is 1.51. The number of aromatic nitrogens is 1. The molecule has 0 radical (unpaired) electrons. The normalized spacial score (nSPS) is 20.9. The molecular formula is C8H10N4O2. The van der Waals surface area contributed by atoms with Crippen LogP contribution in [0.1, 0.15) is 11.6 Å². The number of aryl methyl sites for hydroxylation is 1. The van der Waals surface area contributed by atoms with Crippen LogP contribution in [0.2, 0.25) is 0 Å². The minimum Gasteiger partial charge on any atom is -0.448 e. The summed E-state index contributed by atoms with van der Waals surface area (Å²) in [5.41, 5.74) is 9.22. The molecule has 1 aromatic heterocycles. The van der Waals surface area contributed by atoms with Crippen molar-refractivity contribution in [1.82, 2.24) is 10.4 Å². The lowest BCUT2D eigenvalue weighted by molar-refractivity contribution is -0.120. The van der Waals surface area contributed by atoms with Gasteiger partial charge in [0.25, 0.3) is 5.91 Å². The third-order valence-corrected chi connectivity index (χ3v) is 1.95. The average molecular weight is 194 g/mol. The van der Waals surface area contributed by atoms with E-state index >= 15 is 0 Å². The highest BCUT2D eigenvalue weighted by Crippen LogP contribution is 2.05. The van der Waals surface area contributed by atoms with Crippen LogP contribution < -0.4 is 11.2 Å². The molecule has 0 fully saturated rings. The van der Waals surface area contributed by atoms with Crippen LogP contribution in [0.5, 0.6) is 0 Å². The van der Waals surface area contributed by atoms with E-state index in [0.29, 0.717) is 18.0 Å². The first-order valence-corrected chi connectivity index (χ1v) is 4.19. The number of oxazole rings is 1. The Morgan fingerprint density at radius 3 is 3.00 bits per heavy atom. The first-order valence-electron chi connectivity index (χ1n) is 4.19. The fourth-order valence-electron chi connectivity index (χ4n) is 1.21. The number of nitrogens with one attached hydrogen (secondary N) is 1. The van der Waals surface area contributed by atoms with Crippen LogP contribution in [0.3, 0.4) is 0 Å². The van der Waals surface area contributed by atoms with Crippen LogP contribution in [0.15, 0.2) is 15.8 Å². The summed E-state index contributed by atoms with van der Waals surface area (Å²) in [6.07, 6.45) is 1.92. The summed E-state index contributed by atoms with van der Waals surface area (Å²) in [7, 11) is 0. The monoisotopic (exact) mass is 194 g/mol. The zero-order valence-corrected chi connectivity index (χ0v) is 7.65. The van der Waals surface area contributed by atoms with Crippen LogP contribution in [-0.2, 0) is 11.2 Å². The van der Waals surface area contributed by atoms with Crippen molar-refractivity contribution in [1.29, 1.82) is 0 Å². The summed E-state index contributed by atoms with van der Waals surface area (Å²) in [5.74, 6) is 0.233. The SMILES string of the molecule is Cc1coc(CC2=NNC(=O)C2N)n1. The van der Waals surface area contributed by atoms with E-state index in [-0.39, 0.29) is 5.91 Å². The van der Waals surface area contributed by atoms with Crippen LogP contribution in [0, 0.1) is 6.92 Å². The van der Waals surface area contributed by atoms with Gasteiger partial charge in [-0.15, -0.1) is 0 Å². The Labute approximate surface area is 80.2 Å². The van der Waals surface area contributed by atoms with Crippen molar-refractivity contribution < 1.29 is 9.21 Å². The van der Waals surface area contributed by atoms with Crippen molar-refractivity contribution in [3.05, 3.63) is 17.8 Å².